The number of anilines is 1. The minimum atomic E-state index is -0.0335. The van der Waals surface area contributed by atoms with E-state index in [1.165, 1.54) is 11.1 Å². The predicted octanol–water partition coefficient (Wildman–Crippen LogP) is 4.03. The monoisotopic (exact) mass is 367 g/mol. The first-order valence-corrected chi connectivity index (χ1v) is 9.66. The molecule has 0 bridgehead atoms. The summed E-state index contributed by atoms with van der Waals surface area (Å²) in [5, 5.41) is 5.14. The van der Waals surface area contributed by atoms with E-state index in [4.69, 9.17) is 10.2 Å². The molecule has 134 valence electrons. The lowest BCUT2D eigenvalue weighted by molar-refractivity contribution is -0.121. The molecule has 0 radical (unpaired) electrons. The van der Waals surface area contributed by atoms with Crippen molar-refractivity contribution in [1.82, 2.24) is 10.3 Å². The van der Waals surface area contributed by atoms with Gasteiger partial charge in [-0.3, -0.25) is 4.79 Å². The van der Waals surface area contributed by atoms with Crippen LogP contribution in [0.1, 0.15) is 41.5 Å². The van der Waals surface area contributed by atoms with Gasteiger partial charge in [0.2, 0.25) is 11.8 Å². The molecule has 0 fully saturated rings. The van der Waals surface area contributed by atoms with Crippen molar-refractivity contribution in [3.8, 4) is 10.8 Å². The summed E-state index contributed by atoms with van der Waals surface area (Å²) in [6.45, 7) is 1.85. The zero-order valence-corrected chi connectivity index (χ0v) is 15.4. The summed E-state index contributed by atoms with van der Waals surface area (Å²) in [5.74, 6) is 1.24. The second kappa shape index (κ2) is 6.96. The molecular weight excluding hydrogens is 346 g/mol. The number of fused-ring (bicyclic) bond motifs is 1. The number of benzene rings is 1. The normalized spacial score (nSPS) is 16.3. The fourth-order valence-corrected chi connectivity index (χ4v) is 4.13. The molecule has 26 heavy (non-hydrogen) atoms. The first-order valence-electron chi connectivity index (χ1n) is 8.78. The van der Waals surface area contributed by atoms with Gasteiger partial charge < -0.3 is 15.5 Å². The largest absolute Gasteiger partial charge is 0.440 e. The summed E-state index contributed by atoms with van der Waals surface area (Å²) in [6, 6.07) is 9.91. The van der Waals surface area contributed by atoms with Gasteiger partial charge in [-0.1, -0.05) is 12.1 Å². The zero-order valence-electron chi connectivity index (χ0n) is 14.6. The maximum Gasteiger partial charge on any atom is 0.236 e. The van der Waals surface area contributed by atoms with Crippen LogP contribution in [-0.4, -0.2) is 10.9 Å². The third kappa shape index (κ3) is 3.37. The smallest absolute Gasteiger partial charge is 0.236 e. The van der Waals surface area contributed by atoms with Gasteiger partial charge in [0.1, 0.15) is 5.76 Å². The SMILES string of the molecule is Cc1oc(-c2cccs2)nc1CC(=O)NC1CCCc2cc(N)ccc21. The van der Waals surface area contributed by atoms with E-state index in [9.17, 15) is 4.79 Å². The van der Waals surface area contributed by atoms with E-state index in [1.807, 2.05) is 42.6 Å². The van der Waals surface area contributed by atoms with E-state index in [2.05, 4.69) is 10.3 Å². The molecule has 5 nitrogen and oxygen atoms in total. The fourth-order valence-electron chi connectivity index (χ4n) is 3.48. The van der Waals surface area contributed by atoms with Crippen molar-refractivity contribution in [3.05, 3.63) is 58.3 Å². The van der Waals surface area contributed by atoms with Crippen molar-refractivity contribution in [2.75, 3.05) is 5.73 Å². The molecule has 0 saturated carbocycles. The molecule has 1 aliphatic rings. The van der Waals surface area contributed by atoms with E-state index in [-0.39, 0.29) is 18.4 Å². The van der Waals surface area contributed by atoms with E-state index in [0.29, 0.717) is 17.3 Å². The number of aromatic nitrogens is 1. The molecule has 3 aromatic rings. The number of hydrogen-bond acceptors (Lipinski definition) is 5. The van der Waals surface area contributed by atoms with Gasteiger partial charge in [0.05, 0.1) is 23.0 Å². The van der Waals surface area contributed by atoms with Crippen molar-refractivity contribution in [1.29, 1.82) is 0 Å². The van der Waals surface area contributed by atoms with Gasteiger partial charge in [0, 0.05) is 5.69 Å². The maximum absolute atomic E-state index is 12.6. The Balaban J connectivity index is 1.47. The molecule has 2 heterocycles. The van der Waals surface area contributed by atoms with Crippen LogP contribution in [-0.2, 0) is 17.6 Å². The Morgan fingerprint density at radius 3 is 3.12 bits per heavy atom. The zero-order chi connectivity index (χ0) is 18.1. The number of thiophene rings is 1. The van der Waals surface area contributed by atoms with Crippen LogP contribution in [0.25, 0.3) is 10.8 Å². The van der Waals surface area contributed by atoms with E-state index >= 15 is 0 Å². The van der Waals surface area contributed by atoms with Crippen LogP contribution >= 0.6 is 11.3 Å². The molecule has 1 amide bonds. The van der Waals surface area contributed by atoms with Crippen LogP contribution in [0.2, 0.25) is 0 Å². The molecule has 0 spiro atoms. The van der Waals surface area contributed by atoms with Crippen LogP contribution in [0.4, 0.5) is 5.69 Å². The average Bonchev–Trinajstić information content (AvgIpc) is 3.25. The van der Waals surface area contributed by atoms with Gasteiger partial charge in [0.25, 0.3) is 0 Å². The second-order valence-corrected chi connectivity index (χ2v) is 7.59. The lowest BCUT2D eigenvalue weighted by atomic mass is 9.87. The quantitative estimate of drug-likeness (QED) is 0.682. The number of hydrogen-bond donors (Lipinski definition) is 2. The van der Waals surface area contributed by atoms with Gasteiger partial charge in [-0.25, -0.2) is 4.98 Å². The molecule has 2 aromatic heterocycles. The highest BCUT2D eigenvalue weighted by molar-refractivity contribution is 7.13. The van der Waals surface area contributed by atoms with E-state index in [1.54, 1.807) is 11.3 Å². The predicted molar refractivity (Wildman–Crippen MR) is 103 cm³/mol. The molecule has 0 aliphatic heterocycles. The standard InChI is InChI=1S/C20H21N3O2S/c1-12-17(23-20(25-12)18-6-3-9-26-18)11-19(24)22-16-5-2-4-13-10-14(21)7-8-15(13)16/h3,6-10,16H,2,4-5,11,21H2,1H3,(H,22,24). The minimum absolute atomic E-state index is 0.0335. The Kier molecular flexibility index (Phi) is 4.51. The Morgan fingerprint density at radius 1 is 1.42 bits per heavy atom. The third-order valence-electron chi connectivity index (χ3n) is 4.77. The molecule has 1 aliphatic carbocycles. The lowest BCUT2D eigenvalue weighted by Crippen LogP contribution is -2.32. The summed E-state index contributed by atoms with van der Waals surface area (Å²) in [6.07, 6.45) is 3.23. The number of carbonyl (C=O) groups excluding carboxylic acids is 1. The Morgan fingerprint density at radius 2 is 2.31 bits per heavy atom. The number of nitrogen functional groups attached to an aromatic ring is 1. The lowest BCUT2D eigenvalue weighted by Gasteiger charge is -2.26. The highest BCUT2D eigenvalue weighted by Gasteiger charge is 2.23. The summed E-state index contributed by atoms with van der Waals surface area (Å²) < 4.78 is 5.72. The van der Waals surface area contributed by atoms with Crippen molar-refractivity contribution >= 4 is 22.9 Å². The van der Waals surface area contributed by atoms with Gasteiger partial charge in [-0.15, -0.1) is 11.3 Å². The number of amides is 1. The van der Waals surface area contributed by atoms with Crippen LogP contribution in [0.3, 0.4) is 0 Å². The number of rotatable bonds is 4. The minimum Gasteiger partial charge on any atom is -0.440 e. The molecule has 1 atom stereocenters. The number of nitrogens with one attached hydrogen (secondary N) is 1. The molecule has 0 saturated heterocycles. The molecule has 3 N–H and O–H groups in total. The summed E-state index contributed by atoms with van der Waals surface area (Å²) in [5.41, 5.74) is 9.76. The number of aryl methyl sites for hydroxylation is 2. The van der Waals surface area contributed by atoms with Crippen LogP contribution in [0.5, 0.6) is 0 Å². The number of nitrogens with zero attached hydrogens (tertiary/aromatic N) is 1. The molecule has 6 heteroatoms. The molecule has 1 unspecified atom stereocenters. The maximum atomic E-state index is 12.6. The van der Waals surface area contributed by atoms with Crippen LogP contribution < -0.4 is 11.1 Å². The highest BCUT2D eigenvalue weighted by Crippen LogP contribution is 2.31. The number of oxazole rings is 1. The summed E-state index contributed by atoms with van der Waals surface area (Å²) >= 11 is 1.57. The van der Waals surface area contributed by atoms with Crippen molar-refractivity contribution in [2.45, 2.75) is 38.6 Å². The summed E-state index contributed by atoms with van der Waals surface area (Å²) in [7, 11) is 0. The van der Waals surface area contributed by atoms with Crippen LogP contribution in [0, 0.1) is 6.92 Å². The van der Waals surface area contributed by atoms with Crippen molar-refractivity contribution < 1.29 is 9.21 Å². The first kappa shape index (κ1) is 16.8. The van der Waals surface area contributed by atoms with Gasteiger partial charge >= 0.3 is 0 Å². The molecule has 4 rings (SSSR count). The molecule has 1 aromatic carbocycles. The Bertz CT molecular complexity index is 931. The average molecular weight is 367 g/mol. The van der Waals surface area contributed by atoms with Gasteiger partial charge in [-0.2, -0.15) is 0 Å². The topological polar surface area (TPSA) is 81.2 Å². The highest BCUT2D eigenvalue weighted by atomic mass is 32.1. The number of carbonyl (C=O) groups is 1. The third-order valence-corrected chi connectivity index (χ3v) is 5.63. The second-order valence-electron chi connectivity index (χ2n) is 6.65. The Labute approximate surface area is 156 Å². The first-order chi connectivity index (χ1) is 12.6. The van der Waals surface area contributed by atoms with Gasteiger partial charge in [0.15, 0.2) is 0 Å². The van der Waals surface area contributed by atoms with Crippen LogP contribution in [0.15, 0.2) is 40.1 Å². The molecular formula is C20H21N3O2S. The van der Waals surface area contributed by atoms with E-state index < -0.39 is 0 Å². The van der Waals surface area contributed by atoms with Crippen molar-refractivity contribution in [2.24, 2.45) is 0 Å². The number of nitrogens with two attached hydrogens (primary N) is 1. The van der Waals surface area contributed by atoms with Gasteiger partial charge in [-0.05, 0) is 60.9 Å². The van der Waals surface area contributed by atoms with E-state index in [0.717, 1.165) is 29.8 Å². The Hall–Kier alpha value is -2.60. The fraction of sp³-hybridized carbons (Fsp3) is 0.300. The van der Waals surface area contributed by atoms with Crippen molar-refractivity contribution in [3.63, 3.8) is 0 Å². The summed E-state index contributed by atoms with van der Waals surface area (Å²) in [4.78, 5) is 18.1.